The number of rotatable bonds is 1. The van der Waals surface area contributed by atoms with Crippen molar-refractivity contribution in [2.75, 3.05) is 0 Å². The van der Waals surface area contributed by atoms with Crippen LogP contribution in [0.4, 0.5) is 17.6 Å². The van der Waals surface area contributed by atoms with Gasteiger partial charge in [0.1, 0.15) is 12.1 Å². The van der Waals surface area contributed by atoms with Gasteiger partial charge in [-0.25, -0.2) is 9.37 Å². The first kappa shape index (κ1) is 11.6. The average molecular weight is 245 g/mol. The molecular weight excluding hydrogens is 238 g/mol. The maximum atomic E-state index is 13.0. The van der Waals surface area contributed by atoms with Crippen LogP contribution in [-0.4, -0.2) is 14.8 Å². The van der Waals surface area contributed by atoms with Crippen molar-refractivity contribution in [3.8, 4) is 11.4 Å². The second-order valence-electron chi connectivity index (χ2n) is 3.43. The van der Waals surface area contributed by atoms with Gasteiger partial charge in [-0.05, 0) is 18.2 Å². The lowest BCUT2D eigenvalue weighted by Crippen LogP contribution is -2.08. The van der Waals surface area contributed by atoms with Crippen molar-refractivity contribution >= 4 is 0 Å². The second kappa shape index (κ2) is 3.83. The highest BCUT2D eigenvalue weighted by molar-refractivity contribution is 5.56. The topological polar surface area (TPSA) is 30.7 Å². The molecule has 0 bridgehead atoms. The zero-order valence-electron chi connectivity index (χ0n) is 8.66. The van der Waals surface area contributed by atoms with E-state index >= 15 is 0 Å². The summed E-state index contributed by atoms with van der Waals surface area (Å²) in [6, 6.07) is 2.67. The monoisotopic (exact) mass is 245 g/mol. The van der Waals surface area contributed by atoms with Crippen molar-refractivity contribution in [3.63, 3.8) is 0 Å². The van der Waals surface area contributed by atoms with Gasteiger partial charge in [0.05, 0.1) is 5.56 Å². The minimum absolute atomic E-state index is 0.123. The van der Waals surface area contributed by atoms with Crippen LogP contribution in [-0.2, 0) is 13.2 Å². The predicted octanol–water partition coefficient (Wildman–Crippen LogP) is 2.64. The molecule has 17 heavy (non-hydrogen) atoms. The van der Waals surface area contributed by atoms with Crippen LogP contribution in [0.5, 0.6) is 0 Å². The van der Waals surface area contributed by atoms with Gasteiger partial charge in [0.15, 0.2) is 5.82 Å². The highest BCUT2D eigenvalue weighted by atomic mass is 19.4. The zero-order chi connectivity index (χ0) is 12.6. The lowest BCUT2D eigenvalue weighted by Gasteiger charge is -2.08. The number of aromatic nitrogens is 3. The number of alkyl halides is 3. The van der Waals surface area contributed by atoms with Crippen molar-refractivity contribution in [2.24, 2.45) is 7.05 Å². The Kier molecular flexibility index (Phi) is 2.60. The van der Waals surface area contributed by atoms with Gasteiger partial charge >= 0.3 is 6.18 Å². The Morgan fingerprint density at radius 1 is 1.24 bits per heavy atom. The smallest absolute Gasteiger partial charge is 0.255 e. The fourth-order valence-corrected chi connectivity index (χ4v) is 1.35. The van der Waals surface area contributed by atoms with Crippen LogP contribution in [0.15, 0.2) is 24.5 Å². The zero-order valence-corrected chi connectivity index (χ0v) is 8.66. The molecule has 0 spiro atoms. The van der Waals surface area contributed by atoms with Crippen molar-refractivity contribution in [1.82, 2.24) is 14.8 Å². The Morgan fingerprint density at radius 2 is 1.94 bits per heavy atom. The first-order valence-electron chi connectivity index (χ1n) is 4.60. The minimum Gasteiger partial charge on any atom is -0.255 e. The summed E-state index contributed by atoms with van der Waals surface area (Å²) in [4.78, 5) is 3.80. The minimum atomic E-state index is -4.73. The van der Waals surface area contributed by atoms with E-state index in [-0.39, 0.29) is 11.4 Å². The molecule has 1 heterocycles. The molecule has 0 aliphatic carbocycles. The fourth-order valence-electron chi connectivity index (χ4n) is 1.35. The van der Waals surface area contributed by atoms with Crippen molar-refractivity contribution in [1.29, 1.82) is 0 Å². The van der Waals surface area contributed by atoms with Crippen LogP contribution in [0.3, 0.4) is 0 Å². The maximum absolute atomic E-state index is 13.0. The summed E-state index contributed by atoms with van der Waals surface area (Å²) in [5.41, 5.74) is -1.19. The van der Waals surface area contributed by atoms with Crippen LogP contribution in [0.1, 0.15) is 5.56 Å². The van der Waals surface area contributed by atoms with E-state index in [2.05, 4.69) is 10.1 Å². The van der Waals surface area contributed by atoms with Gasteiger partial charge in [0, 0.05) is 12.6 Å². The molecule has 7 heteroatoms. The molecule has 0 N–H and O–H groups in total. The third-order valence-electron chi connectivity index (χ3n) is 2.13. The van der Waals surface area contributed by atoms with Crippen molar-refractivity contribution < 1.29 is 17.6 Å². The largest absolute Gasteiger partial charge is 0.419 e. The van der Waals surface area contributed by atoms with Crippen LogP contribution in [0.25, 0.3) is 11.4 Å². The summed E-state index contributed by atoms with van der Waals surface area (Å²) < 4.78 is 51.8. The number of hydrogen-bond donors (Lipinski definition) is 0. The van der Waals surface area contributed by atoms with Crippen molar-refractivity contribution in [3.05, 3.63) is 35.9 Å². The van der Waals surface area contributed by atoms with Crippen LogP contribution in [0.2, 0.25) is 0 Å². The Balaban J connectivity index is 2.51. The quantitative estimate of drug-likeness (QED) is 0.723. The Morgan fingerprint density at radius 3 is 2.47 bits per heavy atom. The SMILES string of the molecule is Cn1cnc(-c2ccc(F)c(C(F)(F)F)c2)n1. The van der Waals surface area contributed by atoms with Gasteiger partial charge in [-0.3, -0.25) is 4.68 Å². The van der Waals surface area contributed by atoms with Gasteiger partial charge in [0.2, 0.25) is 0 Å². The maximum Gasteiger partial charge on any atom is 0.419 e. The van der Waals surface area contributed by atoms with E-state index in [0.717, 1.165) is 6.07 Å². The Hall–Kier alpha value is -1.92. The number of aryl methyl sites for hydroxylation is 1. The molecular formula is C10H7F4N3. The van der Waals surface area contributed by atoms with Gasteiger partial charge in [-0.2, -0.15) is 18.3 Å². The van der Waals surface area contributed by atoms with E-state index < -0.39 is 17.6 Å². The number of halogens is 4. The molecule has 0 amide bonds. The van der Waals surface area contributed by atoms with E-state index in [0.29, 0.717) is 6.07 Å². The summed E-state index contributed by atoms with van der Waals surface area (Å²) in [5, 5.41) is 3.85. The lowest BCUT2D eigenvalue weighted by molar-refractivity contribution is -0.139. The van der Waals surface area contributed by atoms with E-state index in [1.807, 2.05) is 0 Å². The molecule has 1 aromatic carbocycles. The Labute approximate surface area is 93.7 Å². The van der Waals surface area contributed by atoms with Gasteiger partial charge < -0.3 is 0 Å². The molecule has 3 nitrogen and oxygen atoms in total. The number of benzene rings is 1. The summed E-state index contributed by atoms with van der Waals surface area (Å²) in [5.74, 6) is -1.19. The normalized spacial score (nSPS) is 11.8. The van der Waals surface area contributed by atoms with Crippen LogP contribution in [0, 0.1) is 5.82 Å². The summed E-state index contributed by atoms with van der Waals surface area (Å²) >= 11 is 0. The standard InChI is InChI=1S/C10H7F4N3/c1-17-5-15-9(16-17)6-2-3-8(11)7(4-6)10(12,13)14/h2-5H,1H3. The highest BCUT2D eigenvalue weighted by Crippen LogP contribution is 2.33. The van der Waals surface area contributed by atoms with E-state index in [1.165, 1.54) is 17.1 Å². The molecule has 90 valence electrons. The average Bonchev–Trinajstić information content (AvgIpc) is 2.64. The van der Waals surface area contributed by atoms with Gasteiger partial charge in [-0.15, -0.1) is 0 Å². The third kappa shape index (κ3) is 2.27. The molecule has 0 radical (unpaired) electrons. The lowest BCUT2D eigenvalue weighted by atomic mass is 10.1. The molecule has 0 saturated heterocycles. The summed E-state index contributed by atoms with van der Waals surface area (Å²) in [6.45, 7) is 0. The van der Waals surface area contributed by atoms with Crippen LogP contribution < -0.4 is 0 Å². The molecule has 2 aromatic rings. The molecule has 0 unspecified atom stereocenters. The van der Waals surface area contributed by atoms with E-state index in [9.17, 15) is 17.6 Å². The molecule has 1 aromatic heterocycles. The first-order valence-corrected chi connectivity index (χ1v) is 4.60. The molecule has 0 atom stereocenters. The third-order valence-corrected chi connectivity index (χ3v) is 2.13. The highest BCUT2D eigenvalue weighted by Gasteiger charge is 2.34. The van der Waals surface area contributed by atoms with Crippen LogP contribution >= 0.6 is 0 Å². The first-order chi connectivity index (χ1) is 7.88. The van der Waals surface area contributed by atoms with Gasteiger partial charge in [0.25, 0.3) is 0 Å². The number of hydrogen-bond acceptors (Lipinski definition) is 2. The summed E-state index contributed by atoms with van der Waals surface area (Å²) in [7, 11) is 1.59. The molecule has 0 aliphatic heterocycles. The molecule has 2 rings (SSSR count). The van der Waals surface area contributed by atoms with Gasteiger partial charge in [-0.1, -0.05) is 0 Å². The molecule has 0 aliphatic rings. The van der Waals surface area contributed by atoms with Crippen molar-refractivity contribution in [2.45, 2.75) is 6.18 Å². The molecule has 0 saturated carbocycles. The molecule has 0 fully saturated rings. The number of nitrogens with zero attached hydrogens (tertiary/aromatic N) is 3. The fraction of sp³-hybridized carbons (Fsp3) is 0.200. The van der Waals surface area contributed by atoms with E-state index in [1.54, 1.807) is 7.05 Å². The van der Waals surface area contributed by atoms with E-state index in [4.69, 9.17) is 0 Å². The second-order valence-corrected chi connectivity index (χ2v) is 3.43. The Bertz CT molecular complexity index is 545. The predicted molar refractivity (Wildman–Crippen MR) is 51.4 cm³/mol. The summed E-state index contributed by atoms with van der Waals surface area (Å²) in [6.07, 6.45) is -3.37.